The maximum Gasteiger partial charge on any atom is 0.0762 e. The van der Waals surface area contributed by atoms with Crippen LogP contribution in [0.2, 0.25) is 0 Å². The Hall–Kier alpha value is -0.830. The Morgan fingerprint density at radius 3 is 2.93 bits per heavy atom. The standard InChI is InChI=1S/C11H19N3/c1-14-7-6-11(13-14)9-12-8-10-4-2-3-5-10/h6-7,10,12H,2-5,8-9H2,1H3. The highest BCUT2D eigenvalue weighted by atomic mass is 15.3. The van der Waals surface area contributed by atoms with Crippen molar-refractivity contribution in [1.82, 2.24) is 15.1 Å². The van der Waals surface area contributed by atoms with Crippen LogP contribution in [0.4, 0.5) is 0 Å². The van der Waals surface area contributed by atoms with Crippen molar-refractivity contribution in [2.75, 3.05) is 6.54 Å². The molecule has 0 unspecified atom stereocenters. The Morgan fingerprint density at radius 2 is 2.29 bits per heavy atom. The summed E-state index contributed by atoms with van der Waals surface area (Å²) in [5.41, 5.74) is 1.14. The maximum absolute atomic E-state index is 4.33. The molecular formula is C11H19N3. The zero-order valence-corrected chi connectivity index (χ0v) is 8.87. The minimum atomic E-state index is 0.914. The average molecular weight is 193 g/mol. The van der Waals surface area contributed by atoms with Gasteiger partial charge in [0.25, 0.3) is 0 Å². The Bertz CT molecular complexity index is 274. The van der Waals surface area contributed by atoms with Crippen molar-refractivity contribution in [2.45, 2.75) is 32.2 Å². The lowest BCUT2D eigenvalue weighted by molar-refractivity contribution is 0.485. The summed E-state index contributed by atoms with van der Waals surface area (Å²) in [4.78, 5) is 0. The van der Waals surface area contributed by atoms with E-state index in [0.717, 1.165) is 24.7 Å². The lowest BCUT2D eigenvalue weighted by atomic mass is 10.1. The van der Waals surface area contributed by atoms with Crippen LogP contribution in [-0.4, -0.2) is 16.3 Å². The van der Waals surface area contributed by atoms with E-state index in [2.05, 4.69) is 16.5 Å². The van der Waals surface area contributed by atoms with E-state index in [0.29, 0.717) is 0 Å². The zero-order chi connectivity index (χ0) is 9.80. The number of aryl methyl sites for hydroxylation is 1. The van der Waals surface area contributed by atoms with Crippen LogP contribution < -0.4 is 5.32 Å². The molecule has 1 heterocycles. The largest absolute Gasteiger partial charge is 0.311 e. The number of aromatic nitrogens is 2. The number of hydrogen-bond donors (Lipinski definition) is 1. The molecule has 0 bridgehead atoms. The highest BCUT2D eigenvalue weighted by Crippen LogP contribution is 2.23. The molecule has 1 saturated carbocycles. The summed E-state index contributed by atoms with van der Waals surface area (Å²) in [6.07, 6.45) is 7.67. The number of nitrogens with one attached hydrogen (secondary N) is 1. The van der Waals surface area contributed by atoms with E-state index in [4.69, 9.17) is 0 Å². The van der Waals surface area contributed by atoms with Gasteiger partial charge in [0.2, 0.25) is 0 Å². The molecule has 1 aliphatic rings. The van der Waals surface area contributed by atoms with E-state index in [1.165, 1.54) is 25.7 Å². The van der Waals surface area contributed by atoms with Gasteiger partial charge in [-0.1, -0.05) is 12.8 Å². The molecule has 1 aromatic heterocycles. The van der Waals surface area contributed by atoms with E-state index in [1.54, 1.807) is 0 Å². The predicted octanol–water partition coefficient (Wildman–Crippen LogP) is 1.70. The van der Waals surface area contributed by atoms with Crippen LogP contribution in [0.3, 0.4) is 0 Å². The highest BCUT2D eigenvalue weighted by Gasteiger charge is 2.13. The second-order valence-electron chi connectivity index (χ2n) is 4.26. The summed E-state index contributed by atoms with van der Waals surface area (Å²) >= 11 is 0. The van der Waals surface area contributed by atoms with E-state index in [-0.39, 0.29) is 0 Å². The first-order valence-corrected chi connectivity index (χ1v) is 5.54. The van der Waals surface area contributed by atoms with Gasteiger partial charge in [0, 0.05) is 19.8 Å². The molecule has 0 spiro atoms. The van der Waals surface area contributed by atoms with Gasteiger partial charge in [-0.15, -0.1) is 0 Å². The first kappa shape index (κ1) is 9.71. The molecule has 0 amide bonds. The molecule has 0 atom stereocenters. The van der Waals surface area contributed by atoms with Crippen molar-refractivity contribution in [3.05, 3.63) is 18.0 Å². The topological polar surface area (TPSA) is 29.9 Å². The summed E-state index contributed by atoms with van der Waals surface area (Å²) in [6, 6.07) is 2.07. The monoisotopic (exact) mass is 193 g/mol. The van der Waals surface area contributed by atoms with Gasteiger partial charge in [0.15, 0.2) is 0 Å². The number of rotatable bonds is 4. The summed E-state index contributed by atoms with van der Waals surface area (Å²) in [5.74, 6) is 0.915. The molecule has 2 rings (SSSR count). The molecule has 1 N–H and O–H groups in total. The molecule has 78 valence electrons. The first-order chi connectivity index (χ1) is 6.84. The second-order valence-corrected chi connectivity index (χ2v) is 4.26. The van der Waals surface area contributed by atoms with Gasteiger partial charge in [0.1, 0.15) is 0 Å². The lowest BCUT2D eigenvalue weighted by Gasteiger charge is -2.08. The molecule has 3 heteroatoms. The molecule has 14 heavy (non-hydrogen) atoms. The van der Waals surface area contributed by atoms with Gasteiger partial charge in [-0.3, -0.25) is 4.68 Å². The minimum Gasteiger partial charge on any atom is -0.311 e. The molecule has 0 aliphatic heterocycles. The lowest BCUT2D eigenvalue weighted by Crippen LogP contribution is -2.21. The smallest absolute Gasteiger partial charge is 0.0762 e. The third kappa shape index (κ3) is 2.58. The fraction of sp³-hybridized carbons (Fsp3) is 0.727. The number of hydrogen-bond acceptors (Lipinski definition) is 2. The third-order valence-electron chi connectivity index (χ3n) is 2.98. The summed E-state index contributed by atoms with van der Waals surface area (Å²) in [6.45, 7) is 2.08. The third-order valence-corrected chi connectivity index (χ3v) is 2.98. The van der Waals surface area contributed by atoms with E-state index in [9.17, 15) is 0 Å². The summed E-state index contributed by atoms with van der Waals surface area (Å²) in [7, 11) is 1.96. The van der Waals surface area contributed by atoms with Crippen LogP contribution in [-0.2, 0) is 13.6 Å². The van der Waals surface area contributed by atoms with Crippen LogP contribution in [0.15, 0.2) is 12.3 Å². The van der Waals surface area contributed by atoms with Crippen LogP contribution in [0, 0.1) is 5.92 Å². The predicted molar refractivity (Wildman–Crippen MR) is 56.9 cm³/mol. The van der Waals surface area contributed by atoms with Crippen LogP contribution in [0.1, 0.15) is 31.4 Å². The molecule has 3 nitrogen and oxygen atoms in total. The van der Waals surface area contributed by atoms with Gasteiger partial charge >= 0.3 is 0 Å². The zero-order valence-electron chi connectivity index (χ0n) is 8.87. The van der Waals surface area contributed by atoms with Gasteiger partial charge in [-0.25, -0.2) is 0 Å². The highest BCUT2D eigenvalue weighted by molar-refractivity contribution is 4.97. The molecule has 0 radical (unpaired) electrons. The fourth-order valence-electron chi connectivity index (χ4n) is 2.18. The average Bonchev–Trinajstić information content (AvgIpc) is 2.77. The molecule has 1 aromatic rings. The number of nitrogens with zero attached hydrogens (tertiary/aromatic N) is 2. The van der Waals surface area contributed by atoms with Crippen molar-refractivity contribution in [1.29, 1.82) is 0 Å². The Balaban J connectivity index is 1.67. The normalized spacial score (nSPS) is 17.8. The Morgan fingerprint density at radius 1 is 1.50 bits per heavy atom. The van der Waals surface area contributed by atoms with Gasteiger partial charge < -0.3 is 5.32 Å². The van der Waals surface area contributed by atoms with E-state index < -0.39 is 0 Å². The quantitative estimate of drug-likeness (QED) is 0.788. The van der Waals surface area contributed by atoms with Crippen molar-refractivity contribution in [3.63, 3.8) is 0 Å². The maximum atomic E-state index is 4.33. The van der Waals surface area contributed by atoms with Gasteiger partial charge in [-0.2, -0.15) is 5.10 Å². The van der Waals surface area contributed by atoms with Crippen molar-refractivity contribution >= 4 is 0 Å². The molecule has 0 aromatic carbocycles. The molecular weight excluding hydrogens is 174 g/mol. The SMILES string of the molecule is Cn1ccc(CNCC2CCCC2)n1. The Labute approximate surface area is 85.5 Å². The molecule has 0 saturated heterocycles. The fourth-order valence-corrected chi connectivity index (χ4v) is 2.18. The summed E-state index contributed by atoms with van der Waals surface area (Å²) in [5, 5.41) is 7.81. The van der Waals surface area contributed by atoms with Crippen LogP contribution in [0.25, 0.3) is 0 Å². The van der Waals surface area contributed by atoms with Crippen LogP contribution in [0.5, 0.6) is 0 Å². The van der Waals surface area contributed by atoms with E-state index >= 15 is 0 Å². The van der Waals surface area contributed by atoms with Crippen LogP contribution >= 0.6 is 0 Å². The van der Waals surface area contributed by atoms with Crippen molar-refractivity contribution < 1.29 is 0 Å². The first-order valence-electron chi connectivity index (χ1n) is 5.54. The minimum absolute atomic E-state index is 0.914. The van der Waals surface area contributed by atoms with Crippen molar-refractivity contribution in [2.24, 2.45) is 13.0 Å². The molecule has 1 fully saturated rings. The van der Waals surface area contributed by atoms with E-state index in [1.807, 2.05) is 17.9 Å². The second kappa shape index (κ2) is 4.60. The van der Waals surface area contributed by atoms with Gasteiger partial charge in [0.05, 0.1) is 5.69 Å². The summed E-state index contributed by atoms with van der Waals surface area (Å²) < 4.78 is 1.85. The Kier molecular flexibility index (Phi) is 3.19. The van der Waals surface area contributed by atoms with Crippen molar-refractivity contribution in [3.8, 4) is 0 Å². The van der Waals surface area contributed by atoms with Gasteiger partial charge in [-0.05, 0) is 31.4 Å². The molecule has 1 aliphatic carbocycles.